The number of nitrogens with zero attached hydrogens (tertiary/aromatic N) is 2. The van der Waals surface area contributed by atoms with Gasteiger partial charge in [-0.1, -0.05) is 30.3 Å². The fourth-order valence-corrected chi connectivity index (χ4v) is 2.42. The minimum atomic E-state index is -0.521. The number of hydrazine groups is 1. The lowest BCUT2D eigenvalue weighted by Gasteiger charge is -2.25. The highest BCUT2D eigenvalue weighted by Gasteiger charge is 2.22. The topological polar surface area (TPSA) is 75.5 Å². The van der Waals surface area contributed by atoms with Crippen molar-refractivity contribution in [2.75, 3.05) is 5.01 Å². The van der Waals surface area contributed by atoms with Gasteiger partial charge in [0, 0.05) is 11.6 Å². The van der Waals surface area contributed by atoms with Crippen molar-refractivity contribution in [2.24, 2.45) is 0 Å². The Morgan fingerprint density at radius 1 is 0.923 bits per heavy atom. The molecular weight excluding hydrogens is 337 g/mol. The first-order valence-electron chi connectivity index (χ1n) is 7.71. The summed E-state index contributed by atoms with van der Waals surface area (Å²) in [5.41, 5.74) is 3.47. The predicted octanol–water partition coefficient (Wildman–Crippen LogP) is 4.22. The Hall–Kier alpha value is -3.74. The number of para-hydroxylation sites is 3. The average molecular weight is 351 g/mol. The molecule has 0 heterocycles. The predicted molar refractivity (Wildman–Crippen MR) is 95.5 cm³/mol. The van der Waals surface area contributed by atoms with E-state index in [4.69, 9.17) is 0 Å². The molecule has 0 saturated carbocycles. The molecular formula is C19H14FN3O3. The van der Waals surface area contributed by atoms with Crippen molar-refractivity contribution in [1.82, 2.24) is 5.43 Å². The van der Waals surface area contributed by atoms with Crippen molar-refractivity contribution in [2.45, 2.75) is 0 Å². The third-order valence-corrected chi connectivity index (χ3v) is 3.65. The van der Waals surface area contributed by atoms with Gasteiger partial charge in [-0.05, 0) is 42.5 Å². The van der Waals surface area contributed by atoms with Gasteiger partial charge in [0.05, 0.1) is 10.6 Å². The minimum Gasteiger partial charge on any atom is -0.267 e. The van der Waals surface area contributed by atoms with Crippen molar-refractivity contribution in [3.8, 4) is 0 Å². The zero-order valence-corrected chi connectivity index (χ0v) is 13.5. The van der Waals surface area contributed by atoms with Crippen LogP contribution in [-0.2, 0) is 0 Å². The summed E-state index contributed by atoms with van der Waals surface area (Å²) in [6.45, 7) is 0. The SMILES string of the molecule is O=C(NN(c1ccccc1)c1ccccc1[N+](=O)[O-])c1ccc(F)cc1. The minimum absolute atomic E-state index is 0.157. The van der Waals surface area contributed by atoms with Crippen LogP contribution in [0.15, 0.2) is 78.9 Å². The molecule has 7 heteroatoms. The molecule has 3 rings (SSSR count). The summed E-state index contributed by atoms with van der Waals surface area (Å²) in [5.74, 6) is -0.979. The van der Waals surface area contributed by atoms with Crippen LogP contribution in [0.2, 0.25) is 0 Å². The van der Waals surface area contributed by atoms with Gasteiger partial charge < -0.3 is 0 Å². The number of hydrogen-bond donors (Lipinski definition) is 1. The van der Waals surface area contributed by atoms with Crippen LogP contribution in [0.4, 0.5) is 21.5 Å². The average Bonchev–Trinajstić information content (AvgIpc) is 2.67. The van der Waals surface area contributed by atoms with E-state index >= 15 is 0 Å². The van der Waals surface area contributed by atoms with Crippen molar-refractivity contribution in [3.63, 3.8) is 0 Å². The second-order valence-electron chi connectivity index (χ2n) is 5.36. The van der Waals surface area contributed by atoms with E-state index in [1.54, 1.807) is 42.5 Å². The highest BCUT2D eigenvalue weighted by molar-refractivity contribution is 5.96. The smallest absolute Gasteiger partial charge is 0.267 e. The lowest BCUT2D eigenvalue weighted by atomic mass is 10.2. The Bertz CT molecular complexity index is 930. The summed E-state index contributed by atoms with van der Waals surface area (Å²) >= 11 is 0. The summed E-state index contributed by atoms with van der Waals surface area (Å²) < 4.78 is 13.1. The number of hydrogen-bond acceptors (Lipinski definition) is 4. The van der Waals surface area contributed by atoms with E-state index in [-0.39, 0.29) is 16.9 Å². The molecule has 1 N–H and O–H groups in total. The van der Waals surface area contributed by atoms with Gasteiger partial charge in [-0.25, -0.2) is 9.40 Å². The van der Waals surface area contributed by atoms with E-state index in [2.05, 4.69) is 5.43 Å². The normalized spacial score (nSPS) is 10.2. The number of nitrogens with one attached hydrogen (secondary N) is 1. The quantitative estimate of drug-likeness (QED) is 0.552. The maximum atomic E-state index is 13.1. The van der Waals surface area contributed by atoms with Crippen LogP contribution in [0.1, 0.15) is 10.4 Å². The van der Waals surface area contributed by atoms with Crippen LogP contribution < -0.4 is 10.4 Å². The van der Waals surface area contributed by atoms with Crippen LogP contribution in [0.3, 0.4) is 0 Å². The molecule has 0 radical (unpaired) electrons. The van der Waals surface area contributed by atoms with Gasteiger partial charge in [0.15, 0.2) is 0 Å². The third kappa shape index (κ3) is 3.67. The Balaban J connectivity index is 2.01. The van der Waals surface area contributed by atoms with Gasteiger partial charge in [0.2, 0.25) is 0 Å². The molecule has 6 nitrogen and oxygen atoms in total. The van der Waals surface area contributed by atoms with E-state index in [9.17, 15) is 19.3 Å². The third-order valence-electron chi connectivity index (χ3n) is 3.65. The van der Waals surface area contributed by atoms with E-state index in [1.165, 1.54) is 41.4 Å². The number of amides is 1. The summed E-state index contributed by atoms with van der Waals surface area (Å²) in [5, 5.41) is 12.7. The number of halogens is 1. The zero-order valence-electron chi connectivity index (χ0n) is 13.5. The van der Waals surface area contributed by atoms with E-state index in [0.717, 1.165) is 0 Å². The Morgan fingerprint density at radius 3 is 2.19 bits per heavy atom. The number of carbonyl (C=O) groups is 1. The van der Waals surface area contributed by atoms with Gasteiger partial charge in [0.1, 0.15) is 11.5 Å². The number of anilines is 2. The van der Waals surface area contributed by atoms with Crippen LogP contribution in [0.5, 0.6) is 0 Å². The summed E-state index contributed by atoms with van der Waals surface area (Å²) in [6.07, 6.45) is 0. The Kier molecular flexibility index (Phi) is 4.89. The Morgan fingerprint density at radius 2 is 1.54 bits per heavy atom. The van der Waals surface area contributed by atoms with E-state index in [0.29, 0.717) is 5.69 Å². The summed E-state index contributed by atoms with van der Waals surface area (Å²) in [4.78, 5) is 23.4. The highest BCUT2D eigenvalue weighted by atomic mass is 19.1. The largest absolute Gasteiger partial charge is 0.294 e. The molecule has 26 heavy (non-hydrogen) atoms. The number of nitro benzene ring substituents is 1. The Labute approximate surface area is 148 Å². The lowest BCUT2D eigenvalue weighted by Crippen LogP contribution is -2.39. The first kappa shape index (κ1) is 17.1. The van der Waals surface area contributed by atoms with Crippen molar-refractivity contribution >= 4 is 23.0 Å². The van der Waals surface area contributed by atoms with Gasteiger partial charge in [-0.15, -0.1) is 0 Å². The van der Waals surface area contributed by atoms with Gasteiger partial charge in [-0.3, -0.25) is 20.3 Å². The summed E-state index contributed by atoms with van der Waals surface area (Å²) in [6, 6.07) is 19.8. The molecule has 1 amide bonds. The molecule has 0 bridgehead atoms. The maximum absolute atomic E-state index is 13.1. The number of rotatable bonds is 5. The number of carbonyl (C=O) groups excluding carboxylic acids is 1. The summed E-state index contributed by atoms with van der Waals surface area (Å²) in [7, 11) is 0. The molecule has 130 valence electrons. The molecule has 3 aromatic rings. The standard InChI is InChI=1S/C19H14FN3O3/c20-15-12-10-14(11-13-15)19(24)21-22(16-6-2-1-3-7-16)17-8-4-5-9-18(17)23(25)26/h1-13H,(H,21,24). The number of benzene rings is 3. The first-order valence-corrected chi connectivity index (χ1v) is 7.71. The molecule has 0 aliphatic carbocycles. The fraction of sp³-hybridized carbons (Fsp3) is 0. The molecule has 0 fully saturated rings. The molecule has 3 aromatic carbocycles. The van der Waals surface area contributed by atoms with Crippen LogP contribution in [0.25, 0.3) is 0 Å². The van der Waals surface area contributed by atoms with Crippen LogP contribution in [-0.4, -0.2) is 10.8 Å². The fourth-order valence-electron chi connectivity index (χ4n) is 2.42. The zero-order chi connectivity index (χ0) is 18.5. The molecule has 0 aromatic heterocycles. The monoisotopic (exact) mass is 351 g/mol. The van der Waals surface area contributed by atoms with E-state index < -0.39 is 16.6 Å². The molecule has 0 unspecified atom stereocenters. The lowest BCUT2D eigenvalue weighted by molar-refractivity contribution is -0.384. The molecule has 0 aliphatic rings. The first-order chi connectivity index (χ1) is 12.6. The molecule has 0 aliphatic heterocycles. The number of nitro groups is 1. The highest BCUT2D eigenvalue weighted by Crippen LogP contribution is 2.31. The molecule has 0 atom stereocenters. The van der Waals surface area contributed by atoms with Crippen LogP contribution in [0, 0.1) is 15.9 Å². The van der Waals surface area contributed by atoms with Gasteiger partial charge in [-0.2, -0.15) is 0 Å². The molecule has 0 saturated heterocycles. The second kappa shape index (κ2) is 7.43. The van der Waals surface area contributed by atoms with Gasteiger partial charge in [0.25, 0.3) is 11.6 Å². The van der Waals surface area contributed by atoms with E-state index in [1.807, 2.05) is 0 Å². The second-order valence-corrected chi connectivity index (χ2v) is 5.36. The molecule has 0 spiro atoms. The van der Waals surface area contributed by atoms with Crippen molar-refractivity contribution in [1.29, 1.82) is 0 Å². The van der Waals surface area contributed by atoms with Gasteiger partial charge >= 0.3 is 0 Å². The van der Waals surface area contributed by atoms with Crippen LogP contribution >= 0.6 is 0 Å². The maximum Gasteiger partial charge on any atom is 0.294 e. The van der Waals surface area contributed by atoms with Crippen molar-refractivity contribution < 1.29 is 14.1 Å². The van der Waals surface area contributed by atoms with Crippen molar-refractivity contribution in [3.05, 3.63) is 100 Å².